The van der Waals surface area contributed by atoms with Gasteiger partial charge in [0.05, 0.1) is 19.2 Å². The average molecular weight is 114 g/mol. The maximum absolute atomic E-state index is 9.70. The molecule has 0 atom stereocenters. The topological polar surface area (TPSA) is 73.1 Å². The molecule has 0 aliphatic carbocycles. The number of carbonyl (C=O) groups is 1. The second kappa shape index (κ2) is 4.09. The first-order valence-electron chi connectivity index (χ1n) is 2.07. The Hall–Kier alpha value is -1.08. The van der Waals surface area contributed by atoms with Crippen LogP contribution in [0.5, 0.6) is 0 Å². The van der Waals surface area contributed by atoms with Gasteiger partial charge in [-0.1, -0.05) is 0 Å². The van der Waals surface area contributed by atoms with Gasteiger partial charge in [0.1, 0.15) is 0 Å². The molecular formula is C4H6N2O2. The third-order valence-corrected chi connectivity index (χ3v) is 0.480. The lowest BCUT2D eigenvalue weighted by Gasteiger charge is -1.88. The van der Waals surface area contributed by atoms with Crippen molar-refractivity contribution in [3.05, 3.63) is 0 Å². The highest BCUT2D eigenvalue weighted by atomic mass is 16.4. The van der Waals surface area contributed by atoms with E-state index in [1.165, 1.54) is 0 Å². The van der Waals surface area contributed by atoms with Crippen LogP contribution in [0.2, 0.25) is 0 Å². The van der Waals surface area contributed by atoms with Crippen molar-refractivity contribution in [3.63, 3.8) is 0 Å². The first kappa shape index (κ1) is 6.92. The Labute approximate surface area is 46.7 Å². The van der Waals surface area contributed by atoms with Crippen molar-refractivity contribution >= 4 is 5.97 Å². The second-order valence-electron chi connectivity index (χ2n) is 1.16. The quantitative estimate of drug-likeness (QED) is 0.371. The number of nitrogens with one attached hydrogen (secondary N) is 1. The SMILES string of the molecule is N#CCNCC(=O)O. The Bertz CT molecular complexity index is 116. The van der Waals surface area contributed by atoms with E-state index < -0.39 is 5.97 Å². The summed E-state index contributed by atoms with van der Waals surface area (Å²) < 4.78 is 0. The maximum atomic E-state index is 9.70. The number of hydrogen-bond donors (Lipinski definition) is 2. The van der Waals surface area contributed by atoms with E-state index in [9.17, 15) is 4.79 Å². The van der Waals surface area contributed by atoms with E-state index in [0.29, 0.717) is 0 Å². The number of rotatable bonds is 3. The minimum absolute atomic E-state index is 0.0896. The monoisotopic (exact) mass is 114 g/mol. The summed E-state index contributed by atoms with van der Waals surface area (Å²) in [6.07, 6.45) is 0. The molecule has 0 radical (unpaired) electrons. The lowest BCUT2D eigenvalue weighted by Crippen LogP contribution is -2.22. The molecule has 0 aliphatic rings. The summed E-state index contributed by atoms with van der Waals surface area (Å²) in [5, 5.41) is 18.2. The van der Waals surface area contributed by atoms with Crippen LogP contribution in [0.3, 0.4) is 0 Å². The van der Waals surface area contributed by atoms with E-state index in [-0.39, 0.29) is 13.1 Å². The number of aliphatic carboxylic acids is 1. The molecule has 0 saturated heterocycles. The molecular weight excluding hydrogens is 108 g/mol. The van der Waals surface area contributed by atoms with Crippen molar-refractivity contribution in [3.8, 4) is 6.07 Å². The largest absolute Gasteiger partial charge is 0.480 e. The van der Waals surface area contributed by atoms with Crippen molar-refractivity contribution in [1.29, 1.82) is 5.26 Å². The predicted molar refractivity (Wildman–Crippen MR) is 26.1 cm³/mol. The van der Waals surface area contributed by atoms with Gasteiger partial charge < -0.3 is 5.11 Å². The highest BCUT2D eigenvalue weighted by Gasteiger charge is 1.90. The van der Waals surface area contributed by atoms with Gasteiger partial charge in [0.2, 0.25) is 0 Å². The van der Waals surface area contributed by atoms with Gasteiger partial charge in [-0.15, -0.1) is 0 Å². The molecule has 0 unspecified atom stereocenters. The molecule has 2 N–H and O–H groups in total. The van der Waals surface area contributed by atoms with Gasteiger partial charge in [-0.2, -0.15) is 5.26 Å². The van der Waals surface area contributed by atoms with Crippen molar-refractivity contribution in [2.45, 2.75) is 0 Å². The van der Waals surface area contributed by atoms with E-state index in [2.05, 4.69) is 5.32 Å². The Morgan fingerprint density at radius 2 is 2.50 bits per heavy atom. The number of hydrogen-bond acceptors (Lipinski definition) is 3. The zero-order valence-corrected chi connectivity index (χ0v) is 4.22. The molecule has 0 aromatic rings. The van der Waals surface area contributed by atoms with Crippen molar-refractivity contribution in [2.24, 2.45) is 0 Å². The van der Waals surface area contributed by atoms with E-state index in [1.54, 1.807) is 6.07 Å². The standard InChI is InChI=1S/C4H6N2O2/c5-1-2-6-3-4(7)8/h6H,2-3H2,(H,7,8). The fourth-order valence-corrected chi connectivity index (χ4v) is 0.225. The third-order valence-electron chi connectivity index (χ3n) is 0.480. The number of carboxylic acids is 1. The van der Waals surface area contributed by atoms with Gasteiger partial charge in [0.25, 0.3) is 0 Å². The summed E-state index contributed by atoms with van der Waals surface area (Å²) in [4.78, 5) is 9.70. The van der Waals surface area contributed by atoms with Crippen LogP contribution in [0.25, 0.3) is 0 Å². The molecule has 0 spiro atoms. The fraction of sp³-hybridized carbons (Fsp3) is 0.500. The zero-order valence-electron chi connectivity index (χ0n) is 4.22. The molecule has 0 rings (SSSR count). The van der Waals surface area contributed by atoms with Crippen LogP contribution in [0.1, 0.15) is 0 Å². The lowest BCUT2D eigenvalue weighted by molar-refractivity contribution is -0.135. The van der Waals surface area contributed by atoms with Crippen molar-refractivity contribution < 1.29 is 9.90 Å². The molecule has 0 heterocycles. The summed E-state index contributed by atoms with van der Waals surface area (Å²) in [7, 11) is 0. The van der Waals surface area contributed by atoms with Crippen LogP contribution in [-0.4, -0.2) is 24.2 Å². The molecule has 0 amide bonds. The van der Waals surface area contributed by atoms with Gasteiger partial charge in [0.15, 0.2) is 0 Å². The second-order valence-corrected chi connectivity index (χ2v) is 1.16. The highest BCUT2D eigenvalue weighted by Crippen LogP contribution is 1.57. The fourth-order valence-electron chi connectivity index (χ4n) is 0.225. The molecule has 0 fully saturated rings. The lowest BCUT2D eigenvalue weighted by atomic mass is 10.6. The molecule has 0 saturated carbocycles. The molecule has 4 nitrogen and oxygen atoms in total. The van der Waals surface area contributed by atoms with Crippen LogP contribution in [0.4, 0.5) is 0 Å². The number of nitriles is 1. The van der Waals surface area contributed by atoms with Crippen LogP contribution in [0, 0.1) is 11.3 Å². The van der Waals surface area contributed by atoms with Gasteiger partial charge in [-0.3, -0.25) is 10.1 Å². The molecule has 44 valence electrons. The minimum Gasteiger partial charge on any atom is -0.480 e. The third kappa shape index (κ3) is 4.92. The summed E-state index contributed by atoms with van der Waals surface area (Å²) >= 11 is 0. The van der Waals surface area contributed by atoms with Gasteiger partial charge in [-0.05, 0) is 0 Å². The van der Waals surface area contributed by atoms with Crippen LogP contribution in [-0.2, 0) is 4.79 Å². The number of carboxylic acid groups (broad SMARTS) is 1. The van der Waals surface area contributed by atoms with Gasteiger partial charge >= 0.3 is 5.97 Å². The minimum atomic E-state index is -0.944. The number of nitrogens with zero attached hydrogens (tertiary/aromatic N) is 1. The summed E-state index contributed by atoms with van der Waals surface area (Å²) in [5.41, 5.74) is 0. The predicted octanol–water partition coefficient (Wildman–Crippen LogP) is -0.816. The van der Waals surface area contributed by atoms with Crippen LogP contribution in [0.15, 0.2) is 0 Å². The first-order valence-corrected chi connectivity index (χ1v) is 2.07. The van der Waals surface area contributed by atoms with E-state index in [0.717, 1.165) is 0 Å². The molecule has 4 heteroatoms. The Kier molecular flexibility index (Phi) is 3.54. The molecule has 8 heavy (non-hydrogen) atoms. The Morgan fingerprint density at radius 3 is 2.88 bits per heavy atom. The van der Waals surface area contributed by atoms with Crippen LogP contribution < -0.4 is 5.32 Å². The smallest absolute Gasteiger partial charge is 0.317 e. The maximum Gasteiger partial charge on any atom is 0.317 e. The molecule has 0 aromatic carbocycles. The highest BCUT2D eigenvalue weighted by molar-refractivity contribution is 5.69. The summed E-state index contributed by atoms with van der Waals surface area (Å²) in [5.74, 6) is -0.944. The summed E-state index contributed by atoms with van der Waals surface area (Å²) in [6.45, 7) is -0.0557. The average Bonchev–Trinajstić information content (AvgIpc) is 1.66. The van der Waals surface area contributed by atoms with Crippen LogP contribution >= 0.6 is 0 Å². The van der Waals surface area contributed by atoms with Gasteiger partial charge in [-0.25, -0.2) is 0 Å². The zero-order chi connectivity index (χ0) is 6.41. The Morgan fingerprint density at radius 1 is 1.88 bits per heavy atom. The molecule has 0 aliphatic heterocycles. The van der Waals surface area contributed by atoms with Crippen molar-refractivity contribution in [1.82, 2.24) is 5.32 Å². The van der Waals surface area contributed by atoms with E-state index >= 15 is 0 Å². The van der Waals surface area contributed by atoms with Crippen molar-refractivity contribution in [2.75, 3.05) is 13.1 Å². The Balaban J connectivity index is 2.97. The summed E-state index contributed by atoms with van der Waals surface area (Å²) in [6, 6.07) is 1.75. The van der Waals surface area contributed by atoms with Gasteiger partial charge in [0, 0.05) is 0 Å². The molecule has 0 bridgehead atoms. The first-order chi connectivity index (χ1) is 3.77. The molecule has 0 aromatic heterocycles. The van der Waals surface area contributed by atoms with E-state index in [4.69, 9.17) is 10.4 Å². The van der Waals surface area contributed by atoms with E-state index in [1.807, 2.05) is 0 Å². The normalized spacial score (nSPS) is 7.88.